The number of hydrogen-bond donors (Lipinski definition) is 1. The summed E-state index contributed by atoms with van der Waals surface area (Å²) in [6.45, 7) is 12.5. The second-order valence-corrected chi connectivity index (χ2v) is 4.37. The van der Waals surface area contributed by atoms with Gasteiger partial charge in [-0.3, -0.25) is 9.69 Å². The minimum atomic E-state index is -0.360. The monoisotopic (exact) mass is 228 g/mol. The van der Waals surface area contributed by atoms with Crippen molar-refractivity contribution in [3.8, 4) is 0 Å². The smallest absolute Gasteiger partial charge is 0.225 e. The summed E-state index contributed by atoms with van der Waals surface area (Å²) in [6.07, 6.45) is 2.63. The maximum atomic E-state index is 11.8. The molecule has 0 saturated heterocycles. The molecule has 0 aromatic heterocycles. The van der Waals surface area contributed by atoms with Crippen molar-refractivity contribution in [1.82, 2.24) is 4.90 Å². The third-order valence-electron chi connectivity index (χ3n) is 4.03. The zero-order chi connectivity index (χ0) is 12.8. The first-order chi connectivity index (χ1) is 7.53. The number of amides is 1. The van der Waals surface area contributed by atoms with Gasteiger partial charge in [0.1, 0.15) is 0 Å². The zero-order valence-electron chi connectivity index (χ0n) is 11.5. The summed E-state index contributed by atoms with van der Waals surface area (Å²) in [7, 11) is 0. The van der Waals surface area contributed by atoms with E-state index in [1.165, 1.54) is 0 Å². The average molecular weight is 228 g/mol. The molecular weight excluding hydrogens is 200 g/mol. The van der Waals surface area contributed by atoms with E-state index < -0.39 is 0 Å². The van der Waals surface area contributed by atoms with Crippen molar-refractivity contribution >= 4 is 5.91 Å². The molecule has 1 amide bonds. The Balaban J connectivity index is 5.19. The highest BCUT2D eigenvalue weighted by atomic mass is 16.1. The molecule has 0 rings (SSSR count). The topological polar surface area (TPSA) is 46.3 Å². The van der Waals surface area contributed by atoms with Crippen molar-refractivity contribution in [2.45, 2.75) is 59.9 Å². The molecule has 0 aromatic rings. The van der Waals surface area contributed by atoms with Crippen LogP contribution in [0.1, 0.15) is 53.9 Å². The van der Waals surface area contributed by atoms with Crippen molar-refractivity contribution in [3.63, 3.8) is 0 Å². The molecule has 3 nitrogen and oxygen atoms in total. The second kappa shape index (κ2) is 6.89. The normalized spacial score (nSPS) is 14.1. The van der Waals surface area contributed by atoms with E-state index in [1.54, 1.807) is 0 Å². The summed E-state index contributed by atoms with van der Waals surface area (Å²) in [4.78, 5) is 14.2. The Morgan fingerprint density at radius 3 is 1.75 bits per heavy atom. The van der Waals surface area contributed by atoms with Crippen molar-refractivity contribution in [3.05, 3.63) is 0 Å². The van der Waals surface area contributed by atoms with Crippen molar-refractivity contribution in [2.75, 3.05) is 13.1 Å². The number of carbonyl (C=O) groups is 1. The molecule has 0 saturated carbocycles. The van der Waals surface area contributed by atoms with Crippen molar-refractivity contribution in [2.24, 2.45) is 11.1 Å². The van der Waals surface area contributed by atoms with Crippen molar-refractivity contribution in [1.29, 1.82) is 0 Å². The van der Waals surface area contributed by atoms with Gasteiger partial charge in [-0.1, -0.05) is 34.6 Å². The maximum Gasteiger partial charge on any atom is 0.225 e. The molecule has 1 unspecified atom stereocenters. The summed E-state index contributed by atoms with van der Waals surface area (Å²) >= 11 is 0. The highest BCUT2D eigenvalue weighted by molar-refractivity contribution is 5.81. The van der Waals surface area contributed by atoms with Crippen LogP contribution in [0.15, 0.2) is 0 Å². The molecule has 0 heterocycles. The predicted octanol–water partition coefficient (Wildman–Crippen LogP) is 2.40. The van der Waals surface area contributed by atoms with Crippen molar-refractivity contribution < 1.29 is 4.79 Å². The standard InChI is InChI=1S/C13H28N2O/c1-6-11(15(9-4)10-5)13(7-2,8-3)12(14)16/h11H,6-10H2,1-5H3,(H2,14,16). The van der Waals surface area contributed by atoms with E-state index in [-0.39, 0.29) is 17.4 Å². The van der Waals surface area contributed by atoms with Gasteiger partial charge >= 0.3 is 0 Å². The van der Waals surface area contributed by atoms with E-state index >= 15 is 0 Å². The van der Waals surface area contributed by atoms with Crippen LogP contribution < -0.4 is 5.73 Å². The van der Waals surface area contributed by atoms with Crippen LogP contribution in [0.5, 0.6) is 0 Å². The fraction of sp³-hybridized carbons (Fsp3) is 0.923. The fourth-order valence-corrected chi connectivity index (χ4v) is 2.90. The van der Waals surface area contributed by atoms with Crippen LogP contribution in [-0.4, -0.2) is 29.9 Å². The van der Waals surface area contributed by atoms with Crippen LogP contribution in [0, 0.1) is 5.41 Å². The fourth-order valence-electron chi connectivity index (χ4n) is 2.90. The summed E-state index contributed by atoms with van der Waals surface area (Å²) in [6, 6.07) is 0.273. The molecule has 96 valence electrons. The van der Waals surface area contributed by atoms with Gasteiger partial charge in [-0.25, -0.2) is 0 Å². The Morgan fingerprint density at radius 1 is 1.12 bits per heavy atom. The largest absolute Gasteiger partial charge is 0.369 e. The van der Waals surface area contributed by atoms with E-state index in [4.69, 9.17) is 5.73 Å². The van der Waals surface area contributed by atoms with Crippen LogP contribution in [0.2, 0.25) is 0 Å². The first kappa shape index (κ1) is 15.4. The van der Waals surface area contributed by atoms with Gasteiger partial charge in [-0.15, -0.1) is 0 Å². The molecule has 0 fully saturated rings. The van der Waals surface area contributed by atoms with E-state index in [9.17, 15) is 4.79 Å². The van der Waals surface area contributed by atoms with Crippen LogP contribution >= 0.6 is 0 Å². The lowest BCUT2D eigenvalue weighted by Crippen LogP contribution is -2.53. The summed E-state index contributed by atoms with van der Waals surface area (Å²) < 4.78 is 0. The Morgan fingerprint density at radius 2 is 1.56 bits per heavy atom. The van der Waals surface area contributed by atoms with Crippen LogP contribution in [-0.2, 0) is 4.79 Å². The van der Waals surface area contributed by atoms with Gasteiger partial charge in [0.15, 0.2) is 0 Å². The van der Waals surface area contributed by atoms with Gasteiger partial charge in [0.2, 0.25) is 5.91 Å². The van der Waals surface area contributed by atoms with Gasteiger partial charge < -0.3 is 5.73 Å². The summed E-state index contributed by atoms with van der Waals surface area (Å²) in [5, 5.41) is 0. The minimum Gasteiger partial charge on any atom is -0.369 e. The lowest BCUT2D eigenvalue weighted by Gasteiger charge is -2.42. The quantitative estimate of drug-likeness (QED) is 0.693. The lowest BCUT2D eigenvalue weighted by molar-refractivity contribution is -0.133. The number of nitrogens with zero attached hydrogens (tertiary/aromatic N) is 1. The van der Waals surface area contributed by atoms with E-state index in [2.05, 4.69) is 39.5 Å². The molecule has 0 spiro atoms. The van der Waals surface area contributed by atoms with Crippen LogP contribution in [0.25, 0.3) is 0 Å². The molecule has 3 heteroatoms. The predicted molar refractivity (Wildman–Crippen MR) is 69.2 cm³/mol. The number of nitrogens with two attached hydrogens (primary N) is 1. The van der Waals surface area contributed by atoms with E-state index in [0.29, 0.717) is 0 Å². The third kappa shape index (κ3) is 2.76. The number of hydrogen-bond acceptors (Lipinski definition) is 2. The summed E-state index contributed by atoms with van der Waals surface area (Å²) in [5.74, 6) is -0.142. The molecule has 1 atom stereocenters. The highest BCUT2D eigenvalue weighted by Crippen LogP contribution is 2.35. The molecule has 0 aliphatic heterocycles. The Bertz CT molecular complexity index is 208. The van der Waals surface area contributed by atoms with Gasteiger partial charge in [0.25, 0.3) is 0 Å². The maximum absolute atomic E-state index is 11.8. The van der Waals surface area contributed by atoms with Crippen LogP contribution in [0.3, 0.4) is 0 Å². The minimum absolute atomic E-state index is 0.142. The third-order valence-corrected chi connectivity index (χ3v) is 4.03. The average Bonchev–Trinajstić information content (AvgIpc) is 2.29. The number of rotatable bonds is 8. The number of carbonyl (C=O) groups excluding carboxylic acids is 1. The van der Waals surface area contributed by atoms with Gasteiger partial charge in [-0.05, 0) is 32.4 Å². The Kier molecular flexibility index (Phi) is 6.65. The molecule has 0 aliphatic carbocycles. The van der Waals surface area contributed by atoms with Gasteiger partial charge in [0.05, 0.1) is 5.41 Å². The molecule has 2 N–H and O–H groups in total. The molecule has 0 aliphatic rings. The molecule has 16 heavy (non-hydrogen) atoms. The molecule has 0 bridgehead atoms. The highest BCUT2D eigenvalue weighted by Gasteiger charge is 2.42. The SMILES string of the molecule is CCC(N(CC)CC)C(CC)(CC)C(N)=O. The van der Waals surface area contributed by atoms with Gasteiger partial charge in [-0.2, -0.15) is 0 Å². The van der Waals surface area contributed by atoms with E-state index in [0.717, 1.165) is 32.4 Å². The zero-order valence-corrected chi connectivity index (χ0v) is 11.5. The Hall–Kier alpha value is -0.570. The first-order valence-corrected chi connectivity index (χ1v) is 6.57. The number of primary amides is 1. The summed E-state index contributed by atoms with van der Waals surface area (Å²) in [5.41, 5.74) is 5.29. The first-order valence-electron chi connectivity index (χ1n) is 6.57. The molecule has 0 radical (unpaired) electrons. The molecule has 0 aromatic carbocycles. The Labute approximate surface area is 100 Å². The lowest BCUT2D eigenvalue weighted by atomic mass is 9.73. The van der Waals surface area contributed by atoms with E-state index in [1.807, 2.05) is 0 Å². The van der Waals surface area contributed by atoms with Gasteiger partial charge in [0, 0.05) is 6.04 Å². The molecular formula is C13H28N2O. The second-order valence-electron chi connectivity index (χ2n) is 4.37. The van der Waals surface area contributed by atoms with Crippen LogP contribution in [0.4, 0.5) is 0 Å².